The zero-order valence-electron chi connectivity index (χ0n) is 8.89. The molecule has 0 radical (unpaired) electrons. The van der Waals surface area contributed by atoms with Gasteiger partial charge in [0.1, 0.15) is 5.82 Å². The van der Waals surface area contributed by atoms with Crippen LogP contribution >= 0.6 is 11.6 Å². The average molecular weight is 238 g/mol. The molecule has 5 nitrogen and oxygen atoms in total. The van der Waals surface area contributed by atoms with Gasteiger partial charge in [0.2, 0.25) is 0 Å². The molecule has 0 bridgehead atoms. The van der Waals surface area contributed by atoms with Gasteiger partial charge in [0, 0.05) is 12.7 Å². The lowest BCUT2D eigenvalue weighted by molar-refractivity contribution is 0.670. The van der Waals surface area contributed by atoms with Crippen LogP contribution in [0.5, 0.6) is 0 Å². The van der Waals surface area contributed by atoms with Crippen molar-refractivity contribution in [2.45, 2.75) is 13.5 Å². The van der Waals surface area contributed by atoms with Crippen molar-refractivity contribution in [2.24, 2.45) is 0 Å². The third kappa shape index (κ3) is 2.70. The topological polar surface area (TPSA) is 55.6 Å². The summed E-state index contributed by atoms with van der Waals surface area (Å²) in [6, 6.07) is 0. The van der Waals surface area contributed by atoms with Crippen molar-refractivity contribution < 1.29 is 0 Å². The monoisotopic (exact) mass is 237 g/mol. The first kappa shape index (κ1) is 10.9. The van der Waals surface area contributed by atoms with Crippen LogP contribution in [0, 0.1) is 0 Å². The second kappa shape index (κ2) is 4.94. The zero-order chi connectivity index (χ0) is 11.4. The van der Waals surface area contributed by atoms with E-state index in [0.717, 1.165) is 18.1 Å². The molecule has 2 aromatic rings. The molecule has 2 aromatic heterocycles. The third-order valence-electron chi connectivity index (χ3n) is 1.99. The lowest BCUT2D eigenvalue weighted by atomic mass is 10.4. The summed E-state index contributed by atoms with van der Waals surface area (Å²) in [7, 11) is 0. The number of nitrogens with zero attached hydrogens (tertiary/aromatic N) is 4. The van der Waals surface area contributed by atoms with Gasteiger partial charge in [-0.15, -0.1) is 0 Å². The van der Waals surface area contributed by atoms with E-state index >= 15 is 0 Å². The molecule has 2 rings (SSSR count). The second-order valence-corrected chi connectivity index (χ2v) is 3.72. The molecule has 0 aliphatic carbocycles. The molecule has 0 saturated heterocycles. The molecule has 84 valence electrons. The first-order valence-corrected chi connectivity index (χ1v) is 5.38. The molecular formula is C10H12ClN5. The maximum atomic E-state index is 5.76. The van der Waals surface area contributed by atoms with Crippen LogP contribution in [0.2, 0.25) is 5.02 Å². The lowest BCUT2D eigenvalue weighted by Gasteiger charge is -2.03. The fourth-order valence-corrected chi connectivity index (χ4v) is 1.46. The molecule has 0 aliphatic heterocycles. The van der Waals surface area contributed by atoms with Crippen LogP contribution in [0.15, 0.2) is 24.8 Å². The van der Waals surface area contributed by atoms with Crippen LogP contribution in [0.3, 0.4) is 0 Å². The van der Waals surface area contributed by atoms with E-state index in [1.54, 1.807) is 29.5 Å². The van der Waals surface area contributed by atoms with Crippen LogP contribution in [0.1, 0.15) is 12.6 Å². The zero-order valence-corrected chi connectivity index (χ0v) is 9.65. The van der Waals surface area contributed by atoms with E-state index in [0.29, 0.717) is 11.6 Å². The summed E-state index contributed by atoms with van der Waals surface area (Å²) in [5.41, 5.74) is 0.849. The Bertz CT molecular complexity index is 450. The van der Waals surface area contributed by atoms with E-state index in [4.69, 9.17) is 11.6 Å². The van der Waals surface area contributed by atoms with Crippen LogP contribution in [-0.2, 0) is 6.54 Å². The molecular weight excluding hydrogens is 226 g/mol. The van der Waals surface area contributed by atoms with Crippen molar-refractivity contribution in [3.05, 3.63) is 35.5 Å². The molecule has 16 heavy (non-hydrogen) atoms. The van der Waals surface area contributed by atoms with E-state index in [1.807, 2.05) is 6.92 Å². The van der Waals surface area contributed by atoms with Crippen LogP contribution < -0.4 is 5.32 Å². The minimum atomic E-state index is 0.576. The SMILES string of the molecule is CCNc1cnc(Cn2cc(Cl)cn2)cn1. The summed E-state index contributed by atoms with van der Waals surface area (Å²) in [6.45, 7) is 3.43. The first-order chi connectivity index (χ1) is 7.78. The Morgan fingerprint density at radius 2 is 2.19 bits per heavy atom. The normalized spacial score (nSPS) is 10.4. The minimum Gasteiger partial charge on any atom is -0.369 e. The summed E-state index contributed by atoms with van der Waals surface area (Å²) >= 11 is 5.76. The van der Waals surface area contributed by atoms with E-state index in [1.165, 1.54) is 0 Å². The van der Waals surface area contributed by atoms with Crippen LogP contribution in [-0.4, -0.2) is 26.3 Å². The van der Waals surface area contributed by atoms with Gasteiger partial charge in [-0.05, 0) is 6.92 Å². The largest absolute Gasteiger partial charge is 0.369 e. The molecule has 1 N–H and O–H groups in total. The van der Waals surface area contributed by atoms with Crippen molar-refractivity contribution >= 4 is 17.4 Å². The Labute approximate surface area is 98.5 Å². The predicted octanol–water partition coefficient (Wildman–Crippen LogP) is 1.81. The number of nitrogens with one attached hydrogen (secondary N) is 1. The van der Waals surface area contributed by atoms with E-state index in [9.17, 15) is 0 Å². The van der Waals surface area contributed by atoms with Gasteiger partial charge in [0.15, 0.2) is 0 Å². The van der Waals surface area contributed by atoms with Gasteiger partial charge < -0.3 is 5.32 Å². The second-order valence-electron chi connectivity index (χ2n) is 3.28. The van der Waals surface area contributed by atoms with Gasteiger partial charge in [-0.25, -0.2) is 4.98 Å². The average Bonchev–Trinajstić information content (AvgIpc) is 2.67. The molecule has 0 amide bonds. The van der Waals surface area contributed by atoms with Crippen molar-refractivity contribution in [3.8, 4) is 0 Å². The van der Waals surface area contributed by atoms with Crippen molar-refractivity contribution in [2.75, 3.05) is 11.9 Å². The Hall–Kier alpha value is -1.62. The fourth-order valence-electron chi connectivity index (χ4n) is 1.30. The summed E-state index contributed by atoms with van der Waals surface area (Å²) in [6.07, 6.45) is 6.79. The van der Waals surface area contributed by atoms with Crippen molar-refractivity contribution in [1.82, 2.24) is 19.7 Å². The summed E-state index contributed by atoms with van der Waals surface area (Å²) in [4.78, 5) is 8.50. The minimum absolute atomic E-state index is 0.576. The molecule has 0 aliphatic rings. The number of hydrogen-bond donors (Lipinski definition) is 1. The quantitative estimate of drug-likeness (QED) is 0.881. The fraction of sp³-hybridized carbons (Fsp3) is 0.300. The van der Waals surface area contributed by atoms with Gasteiger partial charge in [-0.2, -0.15) is 5.10 Å². The maximum Gasteiger partial charge on any atom is 0.144 e. The molecule has 0 saturated carbocycles. The summed E-state index contributed by atoms with van der Waals surface area (Å²) < 4.78 is 1.72. The van der Waals surface area contributed by atoms with Gasteiger partial charge in [0.05, 0.1) is 35.9 Å². The Morgan fingerprint density at radius 1 is 1.31 bits per heavy atom. The highest BCUT2D eigenvalue weighted by Gasteiger charge is 2.00. The Morgan fingerprint density at radius 3 is 2.75 bits per heavy atom. The molecule has 0 spiro atoms. The highest BCUT2D eigenvalue weighted by molar-refractivity contribution is 6.30. The number of rotatable bonds is 4. The molecule has 6 heteroatoms. The van der Waals surface area contributed by atoms with Gasteiger partial charge >= 0.3 is 0 Å². The predicted molar refractivity (Wildman–Crippen MR) is 62.5 cm³/mol. The van der Waals surface area contributed by atoms with Crippen molar-refractivity contribution in [3.63, 3.8) is 0 Å². The highest BCUT2D eigenvalue weighted by Crippen LogP contribution is 2.07. The van der Waals surface area contributed by atoms with E-state index in [2.05, 4.69) is 20.4 Å². The molecule has 2 heterocycles. The van der Waals surface area contributed by atoms with Gasteiger partial charge in [-0.1, -0.05) is 11.6 Å². The maximum absolute atomic E-state index is 5.76. The molecule has 0 unspecified atom stereocenters. The summed E-state index contributed by atoms with van der Waals surface area (Å²) in [5.74, 6) is 0.782. The third-order valence-corrected chi connectivity index (χ3v) is 2.18. The molecule has 0 fully saturated rings. The van der Waals surface area contributed by atoms with Crippen LogP contribution in [0.25, 0.3) is 0 Å². The number of halogens is 1. The van der Waals surface area contributed by atoms with Gasteiger partial charge in [-0.3, -0.25) is 9.67 Å². The Kier molecular flexibility index (Phi) is 3.36. The van der Waals surface area contributed by atoms with E-state index < -0.39 is 0 Å². The number of aromatic nitrogens is 4. The van der Waals surface area contributed by atoms with Crippen molar-refractivity contribution in [1.29, 1.82) is 0 Å². The summed E-state index contributed by atoms with van der Waals surface area (Å²) in [5, 5.41) is 7.78. The molecule has 0 aromatic carbocycles. The van der Waals surface area contributed by atoms with Gasteiger partial charge in [0.25, 0.3) is 0 Å². The number of anilines is 1. The van der Waals surface area contributed by atoms with E-state index in [-0.39, 0.29) is 0 Å². The number of hydrogen-bond acceptors (Lipinski definition) is 4. The first-order valence-electron chi connectivity index (χ1n) is 5.00. The standard InChI is InChI=1S/C10H12ClN5/c1-2-12-10-5-13-9(4-14-10)7-16-6-8(11)3-15-16/h3-6H,2,7H2,1H3,(H,12,14). The lowest BCUT2D eigenvalue weighted by Crippen LogP contribution is -2.05. The smallest absolute Gasteiger partial charge is 0.144 e. The van der Waals surface area contributed by atoms with Crippen LogP contribution in [0.4, 0.5) is 5.82 Å². The molecule has 0 atom stereocenters. The highest BCUT2D eigenvalue weighted by atomic mass is 35.5. The Balaban J connectivity index is 2.05.